The summed E-state index contributed by atoms with van der Waals surface area (Å²) in [5.74, 6) is 0. The molecule has 0 spiro atoms. The van der Waals surface area contributed by atoms with Crippen molar-refractivity contribution in [1.29, 1.82) is 0 Å². The highest BCUT2D eigenvalue weighted by atomic mass is 32.1. The first kappa shape index (κ1) is 39.6. The van der Waals surface area contributed by atoms with Gasteiger partial charge in [-0.2, -0.15) is 0 Å². The van der Waals surface area contributed by atoms with Crippen LogP contribution in [-0.2, 0) is 10.8 Å². The second-order valence-corrected chi connectivity index (χ2v) is 20.3. The highest BCUT2D eigenvalue weighted by Crippen LogP contribution is 2.61. The summed E-state index contributed by atoms with van der Waals surface area (Å²) in [5.41, 5.74) is 22.4. The van der Waals surface area contributed by atoms with Gasteiger partial charge in [0.1, 0.15) is 0 Å². The molecule has 2 aromatic heterocycles. The number of fused-ring (bicyclic) bond motifs is 9. The summed E-state index contributed by atoms with van der Waals surface area (Å²) in [6.45, 7) is 9.63. The van der Waals surface area contributed by atoms with E-state index in [4.69, 9.17) is 0 Å². The SMILES string of the molecule is CC1(C)c2ccccc2-c2ccc(N(c3ccc(-c4ccccc4)cc3)c3ccc4c(c3)C(C)(C)c3c(-c5cccc(-n6c7ccccc7c7ccccc76)c5)sc(-c5ccccc5)c3-4)cc21. The van der Waals surface area contributed by atoms with Gasteiger partial charge in [-0.15, -0.1) is 11.3 Å². The first-order valence-electron chi connectivity index (χ1n) is 23.4. The summed E-state index contributed by atoms with van der Waals surface area (Å²) >= 11 is 1.94. The molecular weight excluding hydrogens is 829 g/mol. The van der Waals surface area contributed by atoms with Crippen molar-refractivity contribution in [3.63, 3.8) is 0 Å². The first-order valence-corrected chi connectivity index (χ1v) is 24.2. The summed E-state index contributed by atoms with van der Waals surface area (Å²) in [7, 11) is 0. The van der Waals surface area contributed by atoms with Gasteiger partial charge in [-0.3, -0.25) is 0 Å². The average Bonchev–Trinajstić information content (AvgIpc) is 4.07. The molecule has 2 heterocycles. The Morgan fingerprint density at radius 2 is 0.896 bits per heavy atom. The third-order valence-electron chi connectivity index (χ3n) is 14.8. The molecule has 11 aromatic rings. The molecule has 0 saturated carbocycles. The Balaban J connectivity index is 0.981. The van der Waals surface area contributed by atoms with Gasteiger partial charge in [-0.05, 0) is 122 Å². The molecular formula is C64H48N2S. The molecule has 3 heteroatoms. The van der Waals surface area contributed by atoms with E-state index in [1.165, 1.54) is 104 Å². The Labute approximate surface area is 396 Å². The van der Waals surface area contributed by atoms with Crippen LogP contribution in [0.3, 0.4) is 0 Å². The van der Waals surface area contributed by atoms with Crippen molar-refractivity contribution < 1.29 is 0 Å². The molecule has 0 aliphatic heterocycles. The molecule has 0 N–H and O–H groups in total. The van der Waals surface area contributed by atoms with Gasteiger partial charge < -0.3 is 9.47 Å². The Bertz CT molecular complexity index is 3680. The summed E-state index contributed by atoms with van der Waals surface area (Å²) in [6, 6.07) is 81.0. The summed E-state index contributed by atoms with van der Waals surface area (Å²) in [4.78, 5) is 5.12. The fourth-order valence-corrected chi connectivity index (χ4v) is 13.0. The third kappa shape index (κ3) is 6.01. The summed E-state index contributed by atoms with van der Waals surface area (Å²) < 4.78 is 2.44. The lowest BCUT2D eigenvalue weighted by molar-refractivity contribution is 0.660. The van der Waals surface area contributed by atoms with Crippen LogP contribution >= 0.6 is 11.3 Å². The zero-order valence-corrected chi connectivity index (χ0v) is 38.9. The quantitative estimate of drug-likeness (QED) is 0.155. The highest BCUT2D eigenvalue weighted by molar-refractivity contribution is 7.19. The van der Waals surface area contributed by atoms with Gasteiger partial charge in [0.15, 0.2) is 0 Å². The molecule has 2 aliphatic rings. The minimum Gasteiger partial charge on any atom is -0.310 e. The van der Waals surface area contributed by atoms with Gasteiger partial charge in [0.2, 0.25) is 0 Å². The van der Waals surface area contributed by atoms with Crippen molar-refractivity contribution >= 4 is 50.2 Å². The molecule has 0 fully saturated rings. The number of anilines is 3. The van der Waals surface area contributed by atoms with Crippen molar-refractivity contribution in [3.8, 4) is 59.9 Å². The zero-order chi connectivity index (χ0) is 45.0. The van der Waals surface area contributed by atoms with Crippen LogP contribution in [0.15, 0.2) is 218 Å². The van der Waals surface area contributed by atoms with Crippen molar-refractivity contribution in [2.24, 2.45) is 0 Å². The van der Waals surface area contributed by atoms with E-state index < -0.39 is 0 Å². The first-order chi connectivity index (χ1) is 32.8. The van der Waals surface area contributed by atoms with E-state index in [9.17, 15) is 0 Å². The van der Waals surface area contributed by atoms with Crippen molar-refractivity contribution in [2.45, 2.75) is 38.5 Å². The van der Waals surface area contributed by atoms with Crippen molar-refractivity contribution in [3.05, 3.63) is 241 Å². The largest absolute Gasteiger partial charge is 0.310 e. The molecule has 0 atom stereocenters. The Hall–Kier alpha value is -7.72. The van der Waals surface area contributed by atoms with Gasteiger partial charge in [-0.1, -0.05) is 185 Å². The molecule has 0 radical (unpaired) electrons. The van der Waals surface area contributed by atoms with Crippen LogP contribution in [0.4, 0.5) is 17.1 Å². The van der Waals surface area contributed by atoms with E-state index >= 15 is 0 Å². The van der Waals surface area contributed by atoms with E-state index in [1.807, 2.05) is 11.3 Å². The molecule has 0 saturated heterocycles. The average molecular weight is 877 g/mol. The molecule has 0 amide bonds. The van der Waals surface area contributed by atoms with Crippen LogP contribution in [0.1, 0.15) is 49.9 Å². The minimum atomic E-state index is -0.299. The van der Waals surface area contributed by atoms with Gasteiger partial charge in [0.05, 0.1) is 11.0 Å². The van der Waals surface area contributed by atoms with E-state index in [-0.39, 0.29) is 10.8 Å². The summed E-state index contributed by atoms with van der Waals surface area (Å²) in [5, 5.41) is 2.54. The molecule has 0 bridgehead atoms. The van der Waals surface area contributed by atoms with E-state index in [1.54, 1.807) is 0 Å². The molecule has 2 nitrogen and oxygen atoms in total. The topological polar surface area (TPSA) is 8.17 Å². The zero-order valence-electron chi connectivity index (χ0n) is 38.1. The van der Waals surface area contributed by atoms with Crippen molar-refractivity contribution in [2.75, 3.05) is 4.90 Å². The number of para-hydroxylation sites is 2. The van der Waals surface area contributed by atoms with E-state index in [0.29, 0.717) is 0 Å². The van der Waals surface area contributed by atoms with Crippen LogP contribution in [0.5, 0.6) is 0 Å². The van der Waals surface area contributed by atoms with Crippen LogP contribution in [0, 0.1) is 0 Å². The number of thiophene rings is 1. The van der Waals surface area contributed by atoms with Crippen molar-refractivity contribution in [1.82, 2.24) is 4.57 Å². The van der Waals surface area contributed by atoms with Gasteiger partial charge in [0, 0.05) is 59.7 Å². The maximum atomic E-state index is 2.49. The lowest BCUT2D eigenvalue weighted by Gasteiger charge is -2.30. The molecule has 9 aromatic carbocycles. The monoisotopic (exact) mass is 876 g/mol. The number of nitrogens with zero attached hydrogens (tertiary/aromatic N) is 2. The van der Waals surface area contributed by atoms with Gasteiger partial charge in [0.25, 0.3) is 0 Å². The second-order valence-electron chi connectivity index (χ2n) is 19.3. The normalized spacial score (nSPS) is 13.9. The number of hydrogen-bond acceptors (Lipinski definition) is 2. The van der Waals surface area contributed by atoms with Gasteiger partial charge in [-0.25, -0.2) is 0 Å². The third-order valence-corrected chi connectivity index (χ3v) is 16.1. The fraction of sp³-hybridized carbons (Fsp3) is 0.0938. The molecule has 67 heavy (non-hydrogen) atoms. The van der Waals surface area contributed by atoms with Crippen LogP contribution < -0.4 is 4.90 Å². The Morgan fingerprint density at radius 1 is 0.373 bits per heavy atom. The standard InChI is InChI=1S/C64H48N2S/c1-63(2)54-27-14-11-24-49(54)50-36-34-47(39-55(50)63)65(45-32-30-42(31-33-45)41-18-7-5-8-19-41)48-35-37-53-56(40-48)64(3,4)60-59(53)61(43-20-9-6-10-21-43)67-62(60)44-22-17-23-46(38-44)66-57-28-15-12-25-51(57)52-26-13-16-29-58(52)66/h5-40H,1-4H3. The summed E-state index contributed by atoms with van der Waals surface area (Å²) in [6.07, 6.45) is 0. The Morgan fingerprint density at radius 3 is 1.58 bits per heavy atom. The van der Waals surface area contributed by atoms with Crippen LogP contribution in [0.25, 0.3) is 81.8 Å². The van der Waals surface area contributed by atoms with Crippen LogP contribution in [0.2, 0.25) is 0 Å². The minimum absolute atomic E-state index is 0.123. The number of benzene rings is 9. The predicted molar refractivity (Wildman–Crippen MR) is 285 cm³/mol. The van der Waals surface area contributed by atoms with E-state index in [0.717, 1.165) is 17.1 Å². The maximum absolute atomic E-state index is 2.49. The maximum Gasteiger partial charge on any atom is 0.0541 e. The number of rotatable bonds is 7. The Kier molecular flexibility index (Phi) is 8.81. The van der Waals surface area contributed by atoms with Crippen LogP contribution in [-0.4, -0.2) is 4.57 Å². The lowest BCUT2D eigenvalue weighted by Crippen LogP contribution is -2.18. The van der Waals surface area contributed by atoms with Gasteiger partial charge >= 0.3 is 0 Å². The molecule has 320 valence electrons. The van der Waals surface area contributed by atoms with E-state index in [2.05, 4.69) is 256 Å². The number of aromatic nitrogens is 1. The number of hydrogen-bond donors (Lipinski definition) is 0. The second kappa shape index (κ2) is 14.9. The highest BCUT2D eigenvalue weighted by Gasteiger charge is 2.42. The fourth-order valence-electron chi connectivity index (χ4n) is 11.5. The molecule has 13 rings (SSSR count). The molecule has 0 unspecified atom stereocenters. The molecule has 2 aliphatic carbocycles. The smallest absolute Gasteiger partial charge is 0.0541 e. The lowest BCUT2D eigenvalue weighted by atomic mass is 9.81. The predicted octanol–water partition coefficient (Wildman–Crippen LogP) is 17.9.